The van der Waals surface area contributed by atoms with E-state index in [2.05, 4.69) is 16.6 Å². The van der Waals surface area contributed by atoms with Crippen LogP contribution in [-0.4, -0.2) is 35.7 Å². The second kappa shape index (κ2) is 5.48. The molecule has 1 heterocycles. The van der Waals surface area contributed by atoms with Crippen LogP contribution >= 0.6 is 0 Å². The molecule has 0 spiro atoms. The summed E-state index contributed by atoms with van der Waals surface area (Å²) in [7, 11) is -2.93. The minimum atomic E-state index is -2.93. The predicted molar refractivity (Wildman–Crippen MR) is 78.2 cm³/mol. The molecule has 0 bridgehead atoms. The first-order valence-corrected chi connectivity index (χ1v) is 9.43. The summed E-state index contributed by atoms with van der Waals surface area (Å²) in [4.78, 5) is 0. The molecule has 1 aromatic heterocycles. The highest BCUT2D eigenvalue weighted by Crippen LogP contribution is 2.31. The largest absolute Gasteiger partial charge is 0.310 e. The number of sulfone groups is 1. The molecule has 0 aliphatic heterocycles. The molecule has 0 amide bonds. The summed E-state index contributed by atoms with van der Waals surface area (Å²) in [5.41, 5.74) is 1.19. The molecular formula is C14H23N3O2S. The highest BCUT2D eigenvalue weighted by molar-refractivity contribution is 7.91. The van der Waals surface area contributed by atoms with Crippen LogP contribution < -0.4 is 5.32 Å². The Bertz CT molecular complexity index is 563. The van der Waals surface area contributed by atoms with Crippen molar-refractivity contribution in [2.24, 2.45) is 0 Å². The number of nitrogens with one attached hydrogen (secondary N) is 1. The Labute approximate surface area is 120 Å². The van der Waals surface area contributed by atoms with Gasteiger partial charge in [-0.25, -0.2) is 8.42 Å². The molecule has 6 heteroatoms. The second-order valence-electron chi connectivity index (χ2n) is 6.26. The fourth-order valence-corrected chi connectivity index (χ4v) is 4.13. The van der Waals surface area contributed by atoms with E-state index in [0.29, 0.717) is 12.5 Å². The van der Waals surface area contributed by atoms with Gasteiger partial charge in [0.2, 0.25) is 0 Å². The molecule has 5 nitrogen and oxygen atoms in total. The van der Waals surface area contributed by atoms with Gasteiger partial charge in [-0.3, -0.25) is 4.68 Å². The zero-order valence-electron chi connectivity index (χ0n) is 12.0. The molecule has 2 unspecified atom stereocenters. The topological polar surface area (TPSA) is 64.0 Å². The molecule has 2 fully saturated rings. The monoisotopic (exact) mass is 297 g/mol. The lowest BCUT2D eigenvalue weighted by molar-refractivity contribution is 0.329. The molecule has 112 valence electrons. The van der Waals surface area contributed by atoms with Crippen LogP contribution in [0.25, 0.3) is 0 Å². The third kappa shape index (κ3) is 3.41. The molecule has 0 radical (unpaired) electrons. The third-order valence-corrected chi connectivity index (χ3v) is 6.04. The highest BCUT2D eigenvalue weighted by Gasteiger charge is 2.30. The smallest absolute Gasteiger partial charge is 0.150 e. The van der Waals surface area contributed by atoms with Gasteiger partial charge in [0.1, 0.15) is 9.84 Å². The van der Waals surface area contributed by atoms with Crippen molar-refractivity contribution in [3.05, 3.63) is 18.0 Å². The fraction of sp³-hybridized carbons (Fsp3) is 0.786. The Kier molecular flexibility index (Phi) is 3.86. The van der Waals surface area contributed by atoms with E-state index in [9.17, 15) is 8.42 Å². The zero-order chi connectivity index (χ0) is 14.2. The van der Waals surface area contributed by atoms with Crippen LogP contribution in [0.2, 0.25) is 0 Å². The maximum atomic E-state index is 11.7. The van der Waals surface area contributed by atoms with E-state index in [-0.39, 0.29) is 11.3 Å². The van der Waals surface area contributed by atoms with Crippen LogP contribution in [0, 0.1) is 0 Å². The van der Waals surface area contributed by atoms with Crippen molar-refractivity contribution in [2.75, 3.05) is 6.26 Å². The van der Waals surface area contributed by atoms with Crippen LogP contribution in [0.5, 0.6) is 0 Å². The fourth-order valence-electron chi connectivity index (χ4n) is 2.97. The summed E-state index contributed by atoms with van der Waals surface area (Å²) in [5.74, 6) is 0. The SMILES string of the molecule is CS(=O)(=O)C1CCCC(n2cc(CNC3CC3)cn2)C1. The van der Waals surface area contributed by atoms with Crippen molar-refractivity contribution >= 4 is 9.84 Å². The third-order valence-electron chi connectivity index (χ3n) is 4.41. The first kappa shape index (κ1) is 14.1. The van der Waals surface area contributed by atoms with Gasteiger partial charge < -0.3 is 5.32 Å². The van der Waals surface area contributed by atoms with Gasteiger partial charge in [-0.1, -0.05) is 6.42 Å². The van der Waals surface area contributed by atoms with E-state index in [1.54, 1.807) is 0 Å². The molecule has 2 saturated carbocycles. The number of aromatic nitrogens is 2. The first-order chi connectivity index (χ1) is 9.52. The minimum Gasteiger partial charge on any atom is -0.310 e. The van der Waals surface area contributed by atoms with Gasteiger partial charge in [0.05, 0.1) is 17.5 Å². The van der Waals surface area contributed by atoms with E-state index in [0.717, 1.165) is 25.8 Å². The lowest BCUT2D eigenvalue weighted by atomic mass is 9.95. The molecule has 1 N–H and O–H groups in total. The van der Waals surface area contributed by atoms with Gasteiger partial charge >= 0.3 is 0 Å². The molecule has 1 aromatic rings. The van der Waals surface area contributed by atoms with Crippen LogP contribution in [0.4, 0.5) is 0 Å². The molecule has 20 heavy (non-hydrogen) atoms. The van der Waals surface area contributed by atoms with E-state index in [1.165, 1.54) is 24.7 Å². The Morgan fingerprint density at radius 3 is 2.85 bits per heavy atom. The number of nitrogens with zero attached hydrogens (tertiary/aromatic N) is 2. The van der Waals surface area contributed by atoms with Crippen LogP contribution in [0.15, 0.2) is 12.4 Å². The number of rotatable bonds is 5. The Morgan fingerprint density at radius 1 is 1.35 bits per heavy atom. The van der Waals surface area contributed by atoms with Gasteiger partial charge in [-0.05, 0) is 32.1 Å². The maximum Gasteiger partial charge on any atom is 0.150 e. The summed E-state index contributed by atoms with van der Waals surface area (Å²) in [5, 5.41) is 7.71. The van der Waals surface area contributed by atoms with Crippen LogP contribution in [0.3, 0.4) is 0 Å². The summed E-state index contributed by atoms with van der Waals surface area (Å²) in [6, 6.07) is 0.931. The average Bonchev–Trinajstić information content (AvgIpc) is 3.12. The van der Waals surface area contributed by atoms with Crippen molar-refractivity contribution in [1.82, 2.24) is 15.1 Å². The van der Waals surface area contributed by atoms with Gasteiger partial charge in [0.15, 0.2) is 0 Å². The van der Waals surface area contributed by atoms with Gasteiger partial charge in [0, 0.05) is 30.6 Å². The normalized spacial score (nSPS) is 27.6. The van der Waals surface area contributed by atoms with Gasteiger partial charge in [0.25, 0.3) is 0 Å². The standard InChI is InChI=1S/C14H23N3O2S/c1-20(18,19)14-4-2-3-13(7-14)17-10-11(9-16-17)8-15-12-5-6-12/h9-10,12-15H,2-8H2,1H3. The molecule has 2 atom stereocenters. The molecule has 3 rings (SSSR count). The summed E-state index contributed by atoms with van der Waals surface area (Å²) < 4.78 is 25.4. The van der Waals surface area contributed by atoms with Crippen molar-refractivity contribution in [3.8, 4) is 0 Å². The van der Waals surface area contributed by atoms with Crippen molar-refractivity contribution in [3.63, 3.8) is 0 Å². The van der Waals surface area contributed by atoms with Gasteiger partial charge in [-0.15, -0.1) is 0 Å². The van der Waals surface area contributed by atoms with Crippen molar-refractivity contribution in [1.29, 1.82) is 0 Å². The minimum absolute atomic E-state index is 0.196. The molecule has 2 aliphatic rings. The maximum absolute atomic E-state index is 11.7. The van der Waals surface area contributed by atoms with Gasteiger partial charge in [-0.2, -0.15) is 5.10 Å². The Balaban J connectivity index is 1.62. The first-order valence-electron chi connectivity index (χ1n) is 7.47. The highest BCUT2D eigenvalue weighted by atomic mass is 32.2. The Hall–Kier alpha value is -0.880. The lowest BCUT2D eigenvalue weighted by Gasteiger charge is -2.28. The van der Waals surface area contributed by atoms with Crippen LogP contribution in [-0.2, 0) is 16.4 Å². The predicted octanol–water partition coefficient (Wildman–Crippen LogP) is 1.66. The van der Waals surface area contributed by atoms with E-state index < -0.39 is 9.84 Å². The number of hydrogen-bond acceptors (Lipinski definition) is 4. The summed E-state index contributed by atoms with van der Waals surface area (Å²) >= 11 is 0. The average molecular weight is 297 g/mol. The van der Waals surface area contributed by atoms with E-state index in [1.807, 2.05) is 10.9 Å². The van der Waals surface area contributed by atoms with E-state index in [4.69, 9.17) is 0 Å². The summed E-state index contributed by atoms with van der Waals surface area (Å²) in [6.07, 6.45) is 11.4. The quantitative estimate of drug-likeness (QED) is 0.898. The lowest BCUT2D eigenvalue weighted by Crippen LogP contribution is -2.29. The van der Waals surface area contributed by atoms with Crippen LogP contribution in [0.1, 0.15) is 50.1 Å². The number of hydrogen-bond donors (Lipinski definition) is 1. The molecule has 0 aromatic carbocycles. The molecule has 0 saturated heterocycles. The van der Waals surface area contributed by atoms with E-state index >= 15 is 0 Å². The Morgan fingerprint density at radius 2 is 2.15 bits per heavy atom. The summed E-state index contributed by atoms with van der Waals surface area (Å²) in [6.45, 7) is 0.868. The molecular weight excluding hydrogens is 274 g/mol. The molecule has 2 aliphatic carbocycles. The van der Waals surface area contributed by atoms with Crippen molar-refractivity contribution < 1.29 is 8.42 Å². The van der Waals surface area contributed by atoms with Crippen molar-refractivity contribution in [2.45, 2.75) is 62.4 Å². The second-order valence-corrected chi connectivity index (χ2v) is 8.58. The zero-order valence-corrected chi connectivity index (χ0v) is 12.8.